The van der Waals surface area contributed by atoms with E-state index >= 15 is 0 Å². The van der Waals surface area contributed by atoms with Gasteiger partial charge in [-0.3, -0.25) is 0 Å². The van der Waals surface area contributed by atoms with Crippen LogP contribution in [0.25, 0.3) is 0 Å². The van der Waals surface area contributed by atoms with E-state index in [0.29, 0.717) is 6.61 Å². The van der Waals surface area contributed by atoms with Gasteiger partial charge >= 0.3 is 0 Å². The van der Waals surface area contributed by atoms with Gasteiger partial charge < -0.3 is 10.4 Å². The molecular formula is C11H23NO. The van der Waals surface area contributed by atoms with Crippen LogP contribution in [0.15, 0.2) is 0 Å². The van der Waals surface area contributed by atoms with E-state index < -0.39 is 0 Å². The highest BCUT2D eigenvalue weighted by molar-refractivity contribution is 4.75. The van der Waals surface area contributed by atoms with Gasteiger partial charge in [0.05, 0.1) is 0 Å². The second-order valence-electron chi connectivity index (χ2n) is 4.23. The number of unbranched alkanes of at least 4 members (excludes halogenated alkanes) is 1. The van der Waals surface area contributed by atoms with Crippen LogP contribution in [0.2, 0.25) is 0 Å². The molecular weight excluding hydrogens is 162 g/mol. The molecule has 0 amide bonds. The number of hydrogen-bond donors (Lipinski definition) is 2. The van der Waals surface area contributed by atoms with E-state index in [1.54, 1.807) is 0 Å². The van der Waals surface area contributed by atoms with Crippen molar-refractivity contribution in [3.63, 3.8) is 0 Å². The molecule has 1 saturated carbocycles. The molecule has 2 heteroatoms. The highest BCUT2D eigenvalue weighted by Gasteiger charge is 2.18. The summed E-state index contributed by atoms with van der Waals surface area (Å²) >= 11 is 0. The zero-order chi connectivity index (χ0) is 9.52. The van der Waals surface area contributed by atoms with Crippen molar-refractivity contribution in [3.05, 3.63) is 0 Å². The molecule has 13 heavy (non-hydrogen) atoms. The van der Waals surface area contributed by atoms with Crippen molar-refractivity contribution in [2.45, 2.75) is 51.0 Å². The molecule has 0 heterocycles. The summed E-state index contributed by atoms with van der Waals surface area (Å²) in [5, 5.41) is 12.0. The molecule has 0 radical (unpaired) electrons. The van der Waals surface area contributed by atoms with Crippen LogP contribution in [-0.4, -0.2) is 24.8 Å². The van der Waals surface area contributed by atoms with E-state index in [9.17, 15) is 0 Å². The zero-order valence-corrected chi connectivity index (χ0v) is 8.76. The number of aliphatic hydroxyl groups excluding tert-OH is 1. The first kappa shape index (κ1) is 11.0. The lowest BCUT2D eigenvalue weighted by atomic mass is 9.83. The Morgan fingerprint density at radius 2 is 1.85 bits per heavy atom. The largest absolute Gasteiger partial charge is 0.396 e. The molecule has 2 nitrogen and oxygen atoms in total. The third kappa shape index (κ3) is 4.10. The molecule has 78 valence electrons. The van der Waals surface area contributed by atoms with Crippen molar-refractivity contribution in [2.24, 2.45) is 5.92 Å². The standard InChI is InChI=1S/C11H23NO/c1-12-11-7-5-10(6-8-11)4-2-3-9-13/h10-13H,2-9H2,1H3. The number of rotatable bonds is 5. The lowest BCUT2D eigenvalue weighted by molar-refractivity contribution is 0.255. The predicted octanol–water partition coefficient (Wildman–Crippen LogP) is 1.93. The molecule has 1 rings (SSSR count). The minimum atomic E-state index is 0.367. The molecule has 0 aromatic heterocycles. The van der Waals surface area contributed by atoms with Crippen molar-refractivity contribution in [1.82, 2.24) is 5.32 Å². The summed E-state index contributed by atoms with van der Waals surface area (Å²) in [7, 11) is 2.07. The smallest absolute Gasteiger partial charge is 0.0431 e. The first-order chi connectivity index (χ1) is 6.36. The van der Waals surface area contributed by atoms with E-state index in [1.165, 1.54) is 38.5 Å². The van der Waals surface area contributed by atoms with E-state index in [4.69, 9.17) is 5.11 Å². The number of aliphatic hydroxyl groups is 1. The molecule has 0 spiro atoms. The van der Waals surface area contributed by atoms with Gasteiger partial charge in [-0.25, -0.2) is 0 Å². The van der Waals surface area contributed by atoms with Gasteiger partial charge in [0, 0.05) is 12.6 Å². The Morgan fingerprint density at radius 1 is 1.15 bits per heavy atom. The van der Waals surface area contributed by atoms with Crippen molar-refractivity contribution < 1.29 is 5.11 Å². The average molecular weight is 185 g/mol. The van der Waals surface area contributed by atoms with Crippen LogP contribution in [0.1, 0.15) is 44.9 Å². The average Bonchev–Trinajstić information content (AvgIpc) is 2.19. The molecule has 1 aliphatic rings. The van der Waals surface area contributed by atoms with E-state index in [1.807, 2.05) is 0 Å². The fraction of sp³-hybridized carbons (Fsp3) is 1.00. The molecule has 0 saturated heterocycles. The molecule has 0 atom stereocenters. The summed E-state index contributed by atoms with van der Waals surface area (Å²) in [6.45, 7) is 0.367. The Hall–Kier alpha value is -0.0800. The lowest BCUT2D eigenvalue weighted by Gasteiger charge is -2.28. The normalized spacial score (nSPS) is 29.1. The highest BCUT2D eigenvalue weighted by Crippen LogP contribution is 2.27. The molecule has 0 bridgehead atoms. The van der Waals surface area contributed by atoms with E-state index in [-0.39, 0.29) is 0 Å². The summed E-state index contributed by atoms with van der Waals surface area (Å²) in [5.74, 6) is 0.941. The summed E-state index contributed by atoms with van der Waals surface area (Å²) in [6.07, 6.45) is 9.00. The van der Waals surface area contributed by atoms with Crippen LogP contribution in [-0.2, 0) is 0 Å². The lowest BCUT2D eigenvalue weighted by Crippen LogP contribution is -2.30. The molecule has 1 aliphatic carbocycles. The van der Waals surface area contributed by atoms with Crippen LogP contribution >= 0.6 is 0 Å². The van der Waals surface area contributed by atoms with Crippen LogP contribution in [0.4, 0.5) is 0 Å². The minimum absolute atomic E-state index is 0.367. The maximum Gasteiger partial charge on any atom is 0.0431 e. The Morgan fingerprint density at radius 3 is 2.38 bits per heavy atom. The Balaban J connectivity index is 2.03. The quantitative estimate of drug-likeness (QED) is 0.641. The van der Waals surface area contributed by atoms with Crippen LogP contribution in [0.3, 0.4) is 0 Å². The SMILES string of the molecule is CNC1CCC(CCCCO)CC1. The van der Waals surface area contributed by atoms with Gasteiger partial charge in [0.25, 0.3) is 0 Å². The molecule has 0 aliphatic heterocycles. The second kappa shape index (κ2) is 6.39. The second-order valence-corrected chi connectivity index (χ2v) is 4.23. The Bertz CT molecular complexity index is 117. The maximum atomic E-state index is 8.67. The van der Waals surface area contributed by atoms with E-state index in [0.717, 1.165) is 18.4 Å². The molecule has 0 unspecified atom stereocenters. The zero-order valence-electron chi connectivity index (χ0n) is 8.76. The first-order valence-corrected chi connectivity index (χ1v) is 5.65. The van der Waals surface area contributed by atoms with Gasteiger partial charge in [0.1, 0.15) is 0 Å². The van der Waals surface area contributed by atoms with Gasteiger partial charge in [-0.05, 0) is 45.1 Å². The number of nitrogens with one attached hydrogen (secondary N) is 1. The van der Waals surface area contributed by atoms with Crippen molar-refractivity contribution >= 4 is 0 Å². The minimum Gasteiger partial charge on any atom is -0.396 e. The third-order valence-corrected chi connectivity index (χ3v) is 3.28. The van der Waals surface area contributed by atoms with Gasteiger partial charge in [-0.1, -0.05) is 12.8 Å². The van der Waals surface area contributed by atoms with Crippen LogP contribution in [0.5, 0.6) is 0 Å². The monoisotopic (exact) mass is 185 g/mol. The molecule has 1 fully saturated rings. The summed E-state index contributed by atoms with van der Waals surface area (Å²) in [5.41, 5.74) is 0. The van der Waals surface area contributed by atoms with Crippen LogP contribution in [0, 0.1) is 5.92 Å². The summed E-state index contributed by atoms with van der Waals surface area (Å²) < 4.78 is 0. The molecule has 0 aromatic carbocycles. The Kier molecular flexibility index (Phi) is 5.40. The number of hydrogen-bond acceptors (Lipinski definition) is 2. The highest BCUT2D eigenvalue weighted by atomic mass is 16.2. The van der Waals surface area contributed by atoms with Gasteiger partial charge in [-0.15, -0.1) is 0 Å². The third-order valence-electron chi connectivity index (χ3n) is 3.28. The summed E-state index contributed by atoms with van der Waals surface area (Å²) in [4.78, 5) is 0. The van der Waals surface area contributed by atoms with Crippen molar-refractivity contribution in [2.75, 3.05) is 13.7 Å². The van der Waals surface area contributed by atoms with Crippen LogP contribution < -0.4 is 5.32 Å². The maximum absolute atomic E-state index is 8.67. The topological polar surface area (TPSA) is 32.3 Å². The summed E-state index contributed by atoms with van der Waals surface area (Å²) in [6, 6.07) is 0.772. The predicted molar refractivity (Wildman–Crippen MR) is 55.7 cm³/mol. The first-order valence-electron chi connectivity index (χ1n) is 5.65. The molecule has 2 N–H and O–H groups in total. The molecule has 0 aromatic rings. The van der Waals surface area contributed by atoms with Gasteiger partial charge in [0.2, 0.25) is 0 Å². The van der Waals surface area contributed by atoms with Gasteiger partial charge in [0.15, 0.2) is 0 Å². The fourth-order valence-electron chi connectivity index (χ4n) is 2.28. The Labute approximate surface area is 81.7 Å². The van der Waals surface area contributed by atoms with Gasteiger partial charge in [-0.2, -0.15) is 0 Å². The van der Waals surface area contributed by atoms with Crippen molar-refractivity contribution in [1.29, 1.82) is 0 Å². The van der Waals surface area contributed by atoms with E-state index in [2.05, 4.69) is 12.4 Å². The fourth-order valence-corrected chi connectivity index (χ4v) is 2.28. The van der Waals surface area contributed by atoms with Crippen molar-refractivity contribution in [3.8, 4) is 0 Å².